The van der Waals surface area contributed by atoms with Crippen molar-refractivity contribution in [3.8, 4) is 0 Å². The molecule has 1 N–H and O–H groups in total. The number of hydrogen-bond acceptors (Lipinski definition) is 4. The van der Waals surface area contributed by atoms with E-state index in [0.717, 1.165) is 6.54 Å². The fourth-order valence-electron chi connectivity index (χ4n) is 2.50. The molecule has 1 saturated heterocycles. The third-order valence-corrected chi connectivity index (χ3v) is 3.71. The zero-order chi connectivity index (χ0) is 15.5. The summed E-state index contributed by atoms with van der Waals surface area (Å²) < 4.78 is 5.33. The van der Waals surface area contributed by atoms with E-state index < -0.39 is 17.2 Å². The van der Waals surface area contributed by atoms with Gasteiger partial charge >= 0.3 is 5.97 Å². The smallest absolute Gasteiger partial charge is 0.338 e. The van der Waals surface area contributed by atoms with E-state index in [1.807, 2.05) is 39.0 Å². The Bertz CT molecular complexity index is 471. The van der Waals surface area contributed by atoms with Crippen LogP contribution >= 0.6 is 0 Å². The van der Waals surface area contributed by atoms with Crippen LogP contribution in [0.2, 0.25) is 0 Å². The van der Waals surface area contributed by atoms with Crippen molar-refractivity contribution in [2.75, 3.05) is 13.1 Å². The first-order valence-corrected chi connectivity index (χ1v) is 7.51. The minimum absolute atomic E-state index is 0.425. The number of carbonyl (C=O) groups excluding carboxylic acids is 1. The number of piperidine rings is 1. The molecule has 0 saturated carbocycles. The van der Waals surface area contributed by atoms with Crippen molar-refractivity contribution in [2.24, 2.45) is 0 Å². The van der Waals surface area contributed by atoms with Gasteiger partial charge < -0.3 is 9.84 Å². The summed E-state index contributed by atoms with van der Waals surface area (Å²) in [7, 11) is 0. The molecule has 0 aromatic heterocycles. The first-order valence-electron chi connectivity index (χ1n) is 7.51. The highest BCUT2D eigenvalue weighted by Crippen LogP contribution is 2.26. The van der Waals surface area contributed by atoms with Gasteiger partial charge in [0.15, 0.2) is 5.60 Å². The topological polar surface area (TPSA) is 49.8 Å². The second kappa shape index (κ2) is 6.16. The molecule has 1 aliphatic heterocycles. The van der Waals surface area contributed by atoms with Crippen molar-refractivity contribution in [1.29, 1.82) is 0 Å². The lowest BCUT2D eigenvalue weighted by Crippen LogP contribution is -2.51. The van der Waals surface area contributed by atoms with Gasteiger partial charge in [0.1, 0.15) is 5.60 Å². The normalized spacial score (nSPS) is 19.2. The van der Waals surface area contributed by atoms with Gasteiger partial charge in [-0.25, -0.2) is 4.79 Å². The standard InChI is InChI=1S/C17H25NO3/c1-16(2,3)21-15(19)17(20)9-11-18(12-10-17)13-14-7-5-4-6-8-14/h4-8,20H,9-13H2,1-3H3. The molecule has 1 heterocycles. The van der Waals surface area contributed by atoms with Crippen LogP contribution in [0, 0.1) is 0 Å². The monoisotopic (exact) mass is 291 g/mol. The van der Waals surface area contributed by atoms with E-state index in [0.29, 0.717) is 25.9 Å². The summed E-state index contributed by atoms with van der Waals surface area (Å²) in [5.41, 5.74) is -0.644. The fourth-order valence-corrected chi connectivity index (χ4v) is 2.50. The lowest BCUT2D eigenvalue weighted by Gasteiger charge is -2.37. The van der Waals surface area contributed by atoms with Gasteiger partial charge in [0.05, 0.1) is 0 Å². The molecule has 116 valence electrons. The molecule has 1 aliphatic rings. The second-order valence-electron chi connectivity index (χ2n) is 6.80. The molecule has 1 fully saturated rings. The molecule has 0 amide bonds. The lowest BCUT2D eigenvalue weighted by molar-refractivity contribution is -0.182. The summed E-state index contributed by atoms with van der Waals surface area (Å²) in [5, 5.41) is 10.5. The number of esters is 1. The molecule has 4 heteroatoms. The van der Waals surface area contributed by atoms with E-state index in [1.54, 1.807) is 0 Å². The molecule has 0 unspecified atom stereocenters. The van der Waals surface area contributed by atoms with Gasteiger partial charge in [-0.3, -0.25) is 4.90 Å². The van der Waals surface area contributed by atoms with Crippen LogP contribution in [-0.2, 0) is 16.1 Å². The van der Waals surface area contributed by atoms with Crippen LogP contribution in [0.15, 0.2) is 30.3 Å². The number of likely N-dealkylation sites (tertiary alicyclic amines) is 1. The van der Waals surface area contributed by atoms with Crippen molar-refractivity contribution in [1.82, 2.24) is 4.90 Å². The first-order chi connectivity index (χ1) is 9.78. The summed E-state index contributed by atoms with van der Waals surface area (Å²) in [6.07, 6.45) is 0.851. The highest BCUT2D eigenvalue weighted by molar-refractivity contribution is 5.79. The third-order valence-electron chi connectivity index (χ3n) is 3.71. The van der Waals surface area contributed by atoms with Gasteiger partial charge in [0.2, 0.25) is 0 Å². The van der Waals surface area contributed by atoms with Gasteiger partial charge in [-0.15, -0.1) is 0 Å². The summed E-state index contributed by atoms with van der Waals surface area (Å²) >= 11 is 0. The minimum atomic E-state index is -1.33. The number of hydrogen-bond donors (Lipinski definition) is 1. The highest BCUT2D eigenvalue weighted by atomic mass is 16.6. The molecule has 0 bridgehead atoms. The number of rotatable bonds is 3. The quantitative estimate of drug-likeness (QED) is 0.869. The van der Waals surface area contributed by atoms with Crippen molar-refractivity contribution < 1.29 is 14.6 Å². The zero-order valence-corrected chi connectivity index (χ0v) is 13.1. The highest BCUT2D eigenvalue weighted by Gasteiger charge is 2.42. The van der Waals surface area contributed by atoms with Crippen LogP contribution in [0.25, 0.3) is 0 Å². The number of benzene rings is 1. The van der Waals surface area contributed by atoms with Gasteiger partial charge in [-0.1, -0.05) is 30.3 Å². The zero-order valence-electron chi connectivity index (χ0n) is 13.1. The Morgan fingerprint density at radius 2 is 1.81 bits per heavy atom. The average molecular weight is 291 g/mol. The van der Waals surface area contributed by atoms with Crippen molar-refractivity contribution in [3.05, 3.63) is 35.9 Å². The Balaban J connectivity index is 1.89. The maximum Gasteiger partial charge on any atom is 0.338 e. The molecular weight excluding hydrogens is 266 g/mol. The molecular formula is C17H25NO3. The van der Waals surface area contributed by atoms with Crippen molar-refractivity contribution in [3.63, 3.8) is 0 Å². The Morgan fingerprint density at radius 3 is 2.33 bits per heavy atom. The Hall–Kier alpha value is -1.39. The van der Waals surface area contributed by atoms with E-state index in [-0.39, 0.29) is 0 Å². The molecule has 0 spiro atoms. The average Bonchev–Trinajstić information content (AvgIpc) is 2.41. The number of aliphatic hydroxyl groups is 1. The maximum absolute atomic E-state index is 12.1. The number of ether oxygens (including phenoxy) is 1. The fraction of sp³-hybridized carbons (Fsp3) is 0.588. The Labute approximate surface area is 126 Å². The molecule has 0 atom stereocenters. The third kappa shape index (κ3) is 4.55. The molecule has 0 radical (unpaired) electrons. The summed E-state index contributed by atoms with van der Waals surface area (Å²) in [4.78, 5) is 14.4. The second-order valence-corrected chi connectivity index (χ2v) is 6.80. The van der Waals surface area contributed by atoms with Crippen LogP contribution in [0.3, 0.4) is 0 Å². The molecule has 4 nitrogen and oxygen atoms in total. The predicted molar refractivity (Wildman–Crippen MR) is 81.7 cm³/mol. The maximum atomic E-state index is 12.1. The molecule has 1 aromatic carbocycles. The van der Waals surface area contributed by atoms with Crippen LogP contribution < -0.4 is 0 Å². The molecule has 0 aliphatic carbocycles. The van der Waals surface area contributed by atoms with Gasteiger partial charge in [-0.05, 0) is 39.2 Å². The van der Waals surface area contributed by atoms with Crippen LogP contribution in [0.4, 0.5) is 0 Å². The first kappa shape index (κ1) is 16.0. The van der Waals surface area contributed by atoms with E-state index in [4.69, 9.17) is 4.74 Å². The van der Waals surface area contributed by atoms with Crippen LogP contribution in [0.1, 0.15) is 39.2 Å². The molecule has 1 aromatic rings. The predicted octanol–water partition coefficient (Wildman–Crippen LogP) is 2.36. The lowest BCUT2D eigenvalue weighted by atomic mass is 9.91. The van der Waals surface area contributed by atoms with Gasteiger partial charge in [-0.2, -0.15) is 0 Å². The number of nitrogens with zero attached hydrogens (tertiary/aromatic N) is 1. The number of carbonyl (C=O) groups is 1. The molecule has 21 heavy (non-hydrogen) atoms. The van der Waals surface area contributed by atoms with E-state index in [2.05, 4.69) is 17.0 Å². The Morgan fingerprint density at radius 1 is 1.24 bits per heavy atom. The SMILES string of the molecule is CC(C)(C)OC(=O)C1(O)CCN(Cc2ccccc2)CC1. The summed E-state index contributed by atoms with van der Waals surface area (Å²) in [6.45, 7) is 7.71. The van der Waals surface area contributed by atoms with Crippen molar-refractivity contribution >= 4 is 5.97 Å². The van der Waals surface area contributed by atoms with E-state index in [1.165, 1.54) is 5.56 Å². The largest absolute Gasteiger partial charge is 0.458 e. The van der Waals surface area contributed by atoms with Gasteiger partial charge in [0.25, 0.3) is 0 Å². The van der Waals surface area contributed by atoms with E-state index in [9.17, 15) is 9.90 Å². The summed E-state index contributed by atoms with van der Waals surface area (Å²) in [6, 6.07) is 10.2. The summed E-state index contributed by atoms with van der Waals surface area (Å²) in [5.74, 6) is -0.491. The van der Waals surface area contributed by atoms with Gasteiger partial charge in [0, 0.05) is 19.6 Å². The van der Waals surface area contributed by atoms with Crippen LogP contribution in [-0.4, -0.2) is 40.3 Å². The minimum Gasteiger partial charge on any atom is -0.458 e. The van der Waals surface area contributed by atoms with Crippen molar-refractivity contribution in [2.45, 2.75) is 51.4 Å². The van der Waals surface area contributed by atoms with Crippen LogP contribution in [0.5, 0.6) is 0 Å². The molecule has 2 rings (SSSR count). The Kier molecular flexibility index (Phi) is 4.69. The van der Waals surface area contributed by atoms with E-state index >= 15 is 0 Å².